The number of carbonyl (C=O) groups is 1. The van der Waals surface area contributed by atoms with Crippen molar-refractivity contribution < 1.29 is 17.6 Å². The molecule has 3 aromatic rings. The number of hydrogen-bond acceptors (Lipinski definition) is 3. The van der Waals surface area contributed by atoms with Gasteiger partial charge in [0.1, 0.15) is 5.82 Å². The van der Waals surface area contributed by atoms with Crippen molar-refractivity contribution >= 4 is 27.3 Å². The van der Waals surface area contributed by atoms with Crippen LogP contribution in [0.5, 0.6) is 0 Å². The van der Waals surface area contributed by atoms with Crippen LogP contribution >= 0.6 is 0 Å². The lowest BCUT2D eigenvalue weighted by Gasteiger charge is -2.09. The lowest BCUT2D eigenvalue weighted by atomic mass is 10.2. The van der Waals surface area contributed by atoms with Crippen molar-refractivity contribution in [2.45, 2.75) is 4.90 Å². The molecule has 3 aromatic carbocycles. The van der Waals surface area contributed by atoms with Gasteiger partial charge >= 0.3 is 0 Å². The van der Waals surface area contributed by atoms with Gasteiger partial charge in [0.25, 0.3) is 15.9 Å². The van der Waals surface area contributed by atoms with Crippen LogP contribution in [0.2, 0.25) is 0 Å². The molecule has 0 heterocycles. The molecule has 0 fully saturated rings. The largest absolute Gasteiger partial charge is 0.322 e. The Labute approximate surface area is 150 Å². The van der Waals surface area contributed by atoms with Gasteiger partial charge in [-0.15, -0.1) is 0 Å². The van der Waals surface area contributed by atoms with Gasteiger partial charge in [0.2, 0.25) is 0 Å². The second-order valence-electron chi connectivity index (χ2n) is 5.46. The molecule has 0 aliphatic carbocycles. The maximum absolute atomic E-state index is 12.9. The Bertz CT molecular complexity index is 1000. The number of carbonyl (C=O) groups excluding carboxylic acids is 1. The summed E-state index contributed by atoms with van der Waals surface area (Å²) in [5.41, 5.74) is 1.35. The predicted molar refractivity (Wildman–Crippen MR) is 98.0 cm³/mol. The lowest BCUT2D eigenvalue weighted by molar-refractivity contribution is 0.102. The fourth-order valence-electron chi connectivity index (χ4n) is 2.24. The monoisotopic (exact) mass is 370 g/mol. The van der Waals surface area contributed by atoms with Crippen LogP contribution in [-0.2, 0) is 10.0 Å². The molecule has 26 heavy (non-hydrogen) atoms. The molecule has 0 radical (unpaired) electrons. The molecule has 1 amide bonds. The van der Waals surface area contributed by atoms with Gasteiger partial charge in [0, 0.05) is 16.9 Å². The van der Waals surface area contributed by atoms with E-state index in [2.05, 4.69) is 10.0 Å². The van der Waals surface area contributed by atoms with Gasteiger partial charge in [-0.25, -0.2) is 12.8 Å². The van der Waals surface area contributed by atoms with Crippen molar-refractivity contribution in [1.82, 2.24) is 0 Å². The van der Waals surface area contributed by atoms with E-state index in [4.69, 9.17) is 0 Å². The number of rotatable bonds is 5. The summed E-state index contributed by atoms with van der Waals surface area (Å²) in [7, 11) is -3.83. The van der Waals surface area contributed by atoms with Crippen molar-refractivity contribution in [2.24, 2.45) is 0 Å². The van der Waals surface area contributed by atoms with E-state index in [0.29, 0.717) is 16.9 Å². The van der Waals surface area contributed by atoms with Crippen molar-refractivity contribution in [3.05, 3.63) is 90.2 Å². The van der Waals surface area contributed by atoms with Gasteiger partial charge in [-0.3, -0.25) is 9.52 Å². The van der Waals surface area contributed by atoms with Gasteiger partial charge in [-0.05, 0) is 60.7 Å². The van der Waals surface area contributed by atoms with E-state index in [1.165, 1.54) is 36.4 Å². The highest BCUT2D eigenvalue weighted by Gasteiger charge is 2.14. The zero-order valence-electron chi connectivity index (χ0n) is 13.5. The third-order valence-corrected chi connectivity index (χ3v) is 4.95. The summed E-state index contributed by atoms with van der Waals surface area (Å²) in [6, 6.07) is 19.5. The zero-order valence-corrected chi connectivity index (χ0v) is 14.3. The smallest absolute Gasteiger partial charge is 0.261 e. The molecule has 7 heteroatoms. The summed E-state index contributed by atoms with van der Waals surface area (Å²) >= 11 is 0. The molecule has 0 unspecified atom stereocenters. The Balaban J connectivity index is 1.71. The number of anilines is 2. The first-order valence-corrected chi connectivity index (χ1v) is 9.17. The molecule has 0 bridgehead atoms. The highest BCUT2D eigenvalue weighted by Crippen LogP contribution is 2.18. The maximum Gasteiger partial charge on any atom is 0.261 e. The molecule has 0 aromatic heterocycles. The minimum atomic E-state index is -3.83. The SMILES string of the molecule is O=C(Nc1ccccc1)c1ccc(NS(=O)(=O)c2ccc(F)cc2)cc1. The molecule has 2 N–H and O–H groups in total. The Morgan fingerprint density at radius 1 is 0.769 bits per heavy atom. The lowest BCUT2D eigenvalue weighted by Crippen LogP contribution is -2.14. The average Bonchev–Trinajstić information content (AvgIpc) is 2.63. The molecule has 3 rings (SSSR count). The minimum absolute atomic E-state index is 0.0511. The molecule has 0 saturated carbocycles. The molecule has 0 spiro atoms. The fraction of sp³-hybridized carbons (Fsp3) is 0. The summed E-state index contributed by atoms with van der Waals surface area (Å²) in [4.78, 5) is 12.1. The Morgan fingerprint density at radius 2 is 1.38 bits per heavy atom. The number of sulfonamides is 1. The summed E-state index contributed by atoms with van der Waals surface area (Å²) in [6.07, 6.45) is 0. The van der Waals surface area contributed by atoms with Gasteiger partial charge in [-0.2, -0.15) is 0 Å². The van der Waals surface area contributed by atoms with Crippen molar-refractivity contribution in [3.8, 4) is 0 Å². The topological polar surface area (TPSA) is 75.3 Å². The van der Waals surface area contributed by atoms with Crippen LogP contribution in [0.4, 0.5) is 15.8 Å². The normalized spacial score (nSPS) is 11.0. The van der Waals surface area contributed by atoms with E-state index in [1.807, 2.05) is 18.2 Å². The predicted octanol–water partition coefficient (Wildman–Crippen LogP) is 3.88. The molecular weight excluding hydrogens is 355 g/mol. The van der Waals surface area contributed by atoms with Gasteiger partial charge < -0.3 is 5.32 Å². The van der Waals surface area contributed by atoms with E-state index in [9.17, 15) is 17.6 Å². The number of para-hydroxylation sites is 1. The Hall–Kier alpha value is -3.19. The van der Waals surface area contributed by atoms with E-state index in [0.717, 1.165) is 12.1 Å². The zero-order chi connectivity index (χ0) is 18.6. The summed E-state index contributed by atoms with van der Waals surface area (Å²) in [5, 5.41) is 2.74. The third-order valence-electron chi connectivity index (χ3n) is 3.55. The molecular formula is C19H15FN2O3S. The van der Waals surface area contributed by atoms with E-state index >= 15 is 0 Å². The molecule has 0 saturated heterocycles. The van der Waals surface area contributed by atoms with E-state index < -0.39 is 15.8 Å². The maximum atomic E-state index is 12.9. The first kappa shape index (κ1) is 17.6. The van der Waals surface area contributed by atoms with Gasteiger partial charge in [0.05, 0.1) is 4.90 Å². The number of nitrogens with one attached hydrogen (secondary N) is 2. The fourth-order valence-corrected chi connectivity index (χ4v) is 3.30. The average molecular weight is 370 g/mol. The summed E-state index contributed by atoms with van der Waals surface area (Å²) in [6.45, 7) is 0. The first-order chi connectivity index (χ1) is 12.4. The quantitative estimate of drug-likeness (QED) is 0.716. The summed E-state index contributed by atoms with van der Waals surface area (Å²) < 4.78 is 39.8. The van der Waals surface area contributed by atoms with Crippen LogP contribution in [0, 0.1) is 5.82 Å². The van der Waals surface area contributed by atoms with Crippen LogP contribution in [0.3, 0.4) is 0 Å². The van der Waals surface area contributed by atoms with Gasteiger partial charge in [-0.1, -0.05) is 18.2 Å². The molecule has 0 aliphatic heterocycles. The van der Waals surface area contributed by atoms with Crippen LogP contribution in [0.15, 0.2) is 83.8 Å². The Morgan fingerprint density at radius 3 is 2.00 bits per heavy atom. The van der Waals surface area contributed by atoms with Crippen molar-refractivity contribution in [1.29, 1.82) is 0 Å². The highest BCUT2D eigenvalue weighted by atomic mass is 32.2. The van der Waals surface area contributed by atoms with Crippen LogP contribution < -0.4 is 10.0 Å². The van der Waals surface area contributed by atoms with E-state index in [1.54, 1.807) is 12.1 Å². The minimum Gasteiger partial charge on any atom is -0.322 e. The molecule has 0 atom stereocenters. The van der Waals surface area contributed by atoms with Crippen LogP contribution in [-0.4, -0.2) is 14.3 Å². The van der Waals surface area contributed by atoms with Gasteiger partial charge in [0.15, 0.2) is 0 Å². The second-order valence-corrected chi connectivity index (χ2v) is 7.14. The molecule has 0 aliphatic rings. The number of hydrogen-bond donors (Lipinski definition) is 2. The first-order valence-electron chi connectivity index (χ1n) is 7.69. The third kappa shape index (κ3) is 4.25. The van der Waals surface area contributed by atoms with Crippen LogP contribution in [0.1, 0.15) is 10.4 Å². The summed E-state index contributed by atoms with van der Waals surface area (Å²) in [5.74, 6) is -0.818. The molecule has 132 valence electrons. The Kier molecular flexibility index (Phi) is 4.99. The number of amides is 1. The van der Waals surface area contributed by atoms with Crippen molar-refractivity contribution in [2.75, 3.05) is 10.0 Å². The number of halogens is 1. The van der Waals surface area contributed by atoms with Crippen molar-refractivity contribution in [3.63, 3.8) is 0 Å². The molecule has 5 nitrogen and oxygen atoms in total. The second kappa shape index (κ2) is 7.37. The standard InChI is InChI=1S/C19H15FN2O3S/c20-15-8-12-18(13-9-15)26(24,25)22-17-10-6-14(7-11-17)19(23)21-16-4-2-1-3-5-16/h1-13,22H,(H,21,23). The van der Waals surface area contributed by atoms with Crippen LogP contribution in [0.25, 0.3) is 0 Å². The van der Waals surface area contributed by atoms with E-state index in [-0.39, 0.29) is 10.8 Å². The number of benzene rings is 3. The highest BCUT2D eigenvalue weighted by molar-refractivity contribution is 7.92.